The van der Waals surface area contributed by atoms with Gasteiger partial charge in [-0.15, -0.1) is 0 Å². The Hall–Kier alpha value is -2.31. The van der Waals surface area contributed by atoms with Crippen LogP contribution in [-0.2, 0) is 4.74 Å². The second-order valence-corrected chi connectivity index (χ2v) is 5.39. The molecule has 2 rings (SSSR count). The number of carboxylic acid groups (broad SMARTS) is 1. The molecule has 1 amide bonds. The van der Waals surface area contributed by atoms with E-state index in [9.17, 15) is 14.0 Å². The maximum atomic E-state index is 13.3. The summed E-state index contributed by atoms with van der Waals surface area (Å²) in [5.74, 6) is -0.469. The van der Waals surface area contributed by atoms with Gasteiger partial charge in [0.25, 0.3) is 0 Å². The highest BCUT2D eigenvalue weighted by atomic mass is 19.1. The number of hydrogen-bond acceptors (Lipinski definition) is 4. The molecule has 1 saturated heterocycles. The lowest BCUT2D eigenvalue weighted by molar-refractivity contribution is -0.00913. The highest BCUT2D eigenvalue weighted by Gasteiger charge is 2.30. The molecule has 0 aromatic heterocycles. The van der Waals surface area contributed by atoms with Gasteiger partial charge in [-0.2, -0.15) is 0 Å². The van der Waals surface area contributed by atoms with Gasteiger partial charge in [0.05, 0.1) is 12.1 Å². The van der Waals surface area contributed by atoms with Crippen molar-refractivity contribution in [3.63, 3.8) is 0 Å². The molecule has 1 aliphatic rings. The highest BCUT2D eigenvalue weighted by Crippen LogP contribution is 2.20. The van der Waals surface area contributed by atoms with Crippen LogP contribution in [0.2, 0.25) is 0 Å². The summed E-state index contributed by atoms with van der Waals surface area (Å²) in [6.07, 6.45) is -1.06. The molecule has 0 radical (unpaired) electrons. The van der Waals surface area contributed by atoms with Gasteiger partial charge in [-0.1, -0.05) is 6.92 Å². The van der Waals surface area contributed by atoms with Crippen molar-refractivity contribution in [3.8, 4) is 5.75 Å². The van der Waals surface area contributed by atoms with E-state index in [-0.39, 0.29) is 18.1 Å². The molecular formula is C16H20FNO5. The minimum Gasteiger partial charge on any atom is -0.489 e. The molecule has 0 spiro atoms. The van der Waals surface area contributed by atoms with Crippen molar-refractivity contribution in [2.45, 2.75) is 38.6 Å². The number of halogens is 1. The monoisotopic (exact) mass is 325 g/mol. The van der Waals surface area contributed by atoms with Crippen molar-refractivity contribution < 1.29 is 28.6 Å². The van der Waals surface area contributed by atoms with E-state index < -0.39 is 18.4 Å². The van der Waals surface area contributed by atoms with E-state index in [0.29, 0.717) is 31.7 Å². The third kappa shape index (κ3) is 4.84. The van der Waals surface area contributed by atoms with Crippen LogP contribution in [0.4, 0.5) is 9.18 Å². The van der Waals surface area contributed by atoms with Crippen LogP contribution >= 0.6 is 0 Å². The van der Waals surface area contributed by atoms with Crippen LogP contribution in [0.3, 0.4) is 0 Å². The Balaban J connectivity index is 1.83. The lowest BCUT2D eigenvalue weighted by Gasteiger charge is -2.18. The van der Waals surface area contributed by atoms with Crippen molar-refractivity contribution in [2.75, 3.05) is 13.1 Å². The van der Waals surface area contributed by atoms with Crippen molar-refractivity contribution >= 4 is 12.1 Å². The summed E-state index contributed by atoms with van der Waals surface area (Å²) in [5, 5.41) is 8.84. The molecule has 2 atom stereocenters. The zero-order valence-electron chi connectivity index (χ0n) is 12.9. The first-order chi connectivity index (χ1) is 11.0. The average molecular weight is 325 g/mol. The van der Waals surface area contributed by atoms with Gasteiger partial charge in [0.1, 0.15) is 11.9 Å². The number of ether oxygens (including phenoxy) is 2. The SMILES string of the molecule is CCCC(F)OC(=O)N1CCC(Oc2ccc(C(=O)O)cc2)C1. The van der Waals surface area contributed by atoms with Gasteiger partial charge in [-0.3, -0.25) is 0 Å². The zero-order chi connectivity index (χ0) is 16.8. The number of rotatable bonds is 6. The number of hydrogen-bond donors (Lipinski definition) is 1. The number of alkyl halides is 1. The predicted octanol–water partition coefficient (Wildman–Crippen LogP) is 3.07. The maximum absolute atomic E-state index is 13.3. The molecule has 6 nitrogen and oxygen atoms in total. The molecule has 7 heteroatoms. The third-order valence-corrected chi connectivity index (χ3v) is 3.55. The molecule has 0 saturated carbocycles. The zero-order valence-corrected chi connectivity index (χ0v) is 12.9. The molecule has 1 aromatic rings. The Morgan fingerprint density at radius 3 is 2.70 bits per heavy atom. The fraction of sp³-hybridized carbons (Fsp3) is 0.500. The van der Waals surface area contributed by atoms with Crippen LogP contribution in [0.1, 0.15) is 36.5 Å². The summed E-state index contributed by atoms with van der Waals surface area (Å²) < 4.78 is 23.7. The molecule has 1 aliphatic heterocycles. The van der Waals surface area contributed by atoms with Gasteiger partial charge in [0.15, 0.2) is 0 Å². The summed E-state index contributed by atoms with van der Waals surface area (Å²) in [6, 6.07) is 6.06. The largest absolute Gasteiger partial charge is 0.489 e. The van der Waals surface area contributed by atoms with E-state index in [0.717, 1.165) is 0 Å². The Labute approximate surface area is 133 Å². The maximum Gasteiger partial charge on any atom is 0.412 e. The minimum absolute atomic E-state index is 0.180. The predicted molar refractivity (Wildman–Crippen MR) is 80.3 cm³/mol. The van der Waals surface area contributed by atoms with Gasteiger partial charge in [0, 0.05) is 19.4 Å². The number of aromatic carboxylic acids is 1. The first-order valence-corrected chi connectivity index (χ1v) is 7.59. The van der Waals surface area contributed by atoms with E-state index in [2.05, 4.69) is 0 Å². The topological polar surface area (TPSA) is 76.1 Å². The first kappa shape index (κ1) is 17.1. The Kier molecular flexibility index (Phi) is 5.78. The fourth-order valence-corrected chi connectivity index (χ4v) is 2.33. The van der Waals surface area contributed by atoms with Gasteiger partial charge < -0.3 is 19.5 Å². The number of amides is 1. The van der Waals surface area contributed by atoms with Gasteiger partial charge >= 0.3 is 12.1 Å². The standard InChI is InChI=1S/C16H20FNO5/c1-2-3-14(17)23-16(21)18-9-8-13(10-18)22-12-6-4-11(5-7-12)15(19)20/h4-7,13-14H,2-3,8-10H2,1H3,(H,19,20). The summed E-state index contributed by atoms with van der Waals surface area (Å²) >= 11 is 0. The van der Waals surface area contributed by atoms with E-state index >= 15 is 0 Å². The van der Waals surface area contributed by atoms with Crippen LogP contribution in [0.25, 0.3) is 0 Å². The molecule has 1 heterocycles. The summed E-state index contributed by atoms with van der Waals surface area (Å²) in [7, 11) is 0. The molecule has 2 unspecified atom stereocenters. The molecule has 0 aliphatic carbocycles. The molecule has 1 aromatic carbocycles. The molecule has 1 fully saturated rings. The van der Waals surface area contributed by atoms with Crippen molar-refractivity contribution in [1.29, 1.82) is 0 Å². The summed E-state index contributed by atoms with van der Waals surface area (Å²) in [4.78, 5) is 24.0. The van der Waals surface area contributed by atoms with E-state index in [1.165, 1.54) is 17.0 Å². The molecular weight excluding hydrogens is 305 g/mol. The normalized spacial score (nSPS) is 18.5. The minimum atomic E-state index is -1.57. The number of benzene rings is 1. The summed E-state index contributed by atoms with van der Waals surface area (Å²) in [6.45, 7) is 2.57. The van der Waals surface area contributed by atoms with Crippen molar-refractivity contribution in [3.05, 3.63) is 29.8 Å². The van der Waals surface area contributed by atoms with Gasteiger partial charge in [0.2, 0.25) is 6.36 Å². The Bertz CT molecular complexity index is 548. The Morgan fingerprint density at radius 1 is 1.39 bits per heavy atom. The molecule has 126 valence electrons. The van der Waals surface area contributed by atoms with Crippen molar-refractivity contribution in [2.24, 2.45) is 0 Å². The van der Waals surface area contributed by atoms with Crippen molar-refractivity contribution in [1.82, 2.24) is 4.90 Å². The van der Waals surface area contributed by atoms with E-state index in [4.69, 9.17) is 14.6 Å². The lowest BCUT2D eigenvalue weighted by Crippen LogP contribution is -2.33. The number of likely N-dealkylation sites (tertiary alicyclic amines) is 1. The molecule has 0 bridgehead atoms. The smallest absolute Gasteiger partial charge is 0.412 e. The number of carbonyl (C=O) groups excluding carboxylic acids is 1. The third-order valence-electron chi connectivity index (χ3n) is 3.55. The highest BCUT2D eigenvalue weighted by molar-refractivity contribution is 5.87. The quantitative estimate of drug-likeness (QED) is 0.870. The van der Waals surface area contributed by atoms with E-state index in [1.807, 2.05) is 6.92 Å². The second-order valence-electron chi connectivity index (χ2n) is 5.39. The van der Waals surface area contributed by atoms with Crippen LogP contribution in [0.15, 0.2) is 24.3 Å². The first-order valence-electron chi connectivity index (χ1n) is 7.59. The van der Waals surface area contributed by atoms with Gasteiger partial charge in [-0.25, -0.2) is 14.0 Å². The second kappa shape index (κ2) is 7.80. The number of nitrogens with zero attached hydrogens (tertiary/aromatic N) is 1. The fourth-order valence-electron chi connectivity index (χ4n) is 2.33. The lowest BCUT2D eigenvalue weighted by atomic mass is 10.2. The number of carboxylic acids is 1. The van der Waals surface area contributed by atoms with E-state index in [1.54, 1.807) is 12.1 Å². The average Bonchev–Trinajstić information content (AvgIpc) is 2.96. The van der Waals surface area contributed by atoms with Gasteiger partial charge in [-0.05, 0) is 30.7 Å². The number of carbonyl (C=O) groups is 2. The Morgan fingerprint density at radius 2 is 2.09 bits per heavy atom. The summed E-state index contributed by atoms with van der Waals surface area (Å²) in [5.41, 5.74) is 0.180. The molecule has 1 N–H and O–H groups in total. The van der Waals surface area contributed by atoms with Crippen LogP contribution in [0.5, 0.6) is 5.75 Å². The van der Waals surface area contributed by atoms with Crippen LogP contribution in [-0.4, -0.2) is 47.6 Å². The van der Waals surface area contributed by atoms with Crippen LogP contribution < -0.4 is 4.74 Å². The van der Waals surface area contributed by atoms with Crippen LogP contribution in [0, 0.1) is 0 Å². The molecule has 23 heavy (non-hydrogen) atoms.